The zero-order chi connectivity index (χ0) is 14.8. The lowest BCUT2D eigenvalue weighted by Gasteiger charge is -2.35. The minimum Gasteiger partial charge on any atom is -0.329 e. The number of rotatable bonds is 3. The summed E-state index contributed by atoms with van der Waals surface area (Å²) < 4.78 is 0. The van der Waals surface area contributed by atoms with Gasteiger partial charge in [0.05, 0.1) is 0 Å². The Hall–Kier alpha value is -1.64. The van der Waals surface area contributed by atoms with Crippen LogP contribution in [-0.4, -0.2) is 18.0 Å². The Morgan fingerprint density at radius 1 is 1.05 bits per heavy atom. The topological polar surface area (TPSA) is 29.3 Å². The van der Waals surface area contributed by atoms with E-state index in [0.29, 0.717) is 12.6 Å². The van der Waals surface area contributed by atoms with Crippen LogP contribution < -0.4 is 5.73 Å². The summed E-state index contributed by atoms with van der Waals surface area (Å²) in [6.07, 6.45) is 1.12. The highest BCUT2D eigenvalue weighted by Crippen LogP contribution is 2.28. The summed E-state index contributed by atoms with van der Waals surface area (Å²) in [6, 6.07) is 15.9. The van der Waals surface area contributed by atoms with Crippen LogP contribution in [0.2, 0.25) is 0 Å². The molecule has 0 bridgehead atoms. The van der Waals surface area contributed by atoms with Gasteiger partial charge in [-0.2, -0.15) is 0 Å². The zero-order valence-corrected chi connectivity index (χ0v) is 13.0. The largest absolute Gasteiger partial charge is 0.329 e. The predicted octanol–water partition coefficient (Wildman–Crippen LogP) is 3.36. The number of benzene rings is 2. The molecule has 0 saturated heterocycles. The highest BCUT2D eigenvalue weighted by molar-refractivity contribution is 5.33. The summed E-state index contributed by atoms with van der Waals surface area (Å²) in [4.78, 5) is 2.52. The first kappa shape index (κ1) is 14.3. The van der Waals surface area contributed by atoms with Crippen molar-refractivity contribution in [2.75, 3.05) is 13.1 Å². The summed E-state index contributed by atoms with van der Waals surface area (Å²) in [5.41, 5.74) is 13.1. The molecule has 2 aromatic carbocycles. The molecule has 1 heterocycles. The van der Waals surface area contributed by atoms with Crippen LogP contribution in [0.5, 0.6) is 0 Å². The van der Waals surface area contributed by atoms with Crippen molar-refractivity contribution in [3.8, 4) is 0 Å². The minimum absolute atomic E-state index is 0.317. The Kier molecular flexibility index (Phi) is 4.09. The molecule has 0 radical (unpaired) electrons. The predicted molar refractivity (Wildman–Crippen MR) is 88.3 cm³/mol. The van der Waals surface area contributed by atoms with Crippen molar-refractivity contribution in [2.24, 2.45) is 5.73 Å². The molecule has 0 saturated carbocycles. The van der Waals surface area contributed by atoms with Gasteiger partial charge in [0, 0.05) is 25.7 Å². The normalized spacial score (nSPS) is 16.5. The lowest BCUT2D eigenvalue weighted by molar-refractivity contribution is 0.183. The van der Waals surface area contributed by atoms with Crippen molar-refractivity contribution in [2.45, 2.75) is 32.9 Å². The van der Waals surface area contributed by atoms with Crippen molar-refractivity contribution in [1.82, 2.24) is 4.90 Å². The second-order valence-electron chi connectivity index (χ2n) is 6.16. The van der Waals surface area contributed by atoms with E-state index in [9.17, 15) is 0 Å². The third kappa shape index (κ3) is 3.02. The molecule has 1 aliphatic rings. The smallest absolute Gasteiger partial charge is 0.0474 e. The molecule has 110 valence electrons. The van der Waals surface area contributed by atoms with Gasteiger partial charge in [-0.3, -0.25) is 4.90 Å². The molecule has 3 rings (SSSR count). The van der Waals surface area contributed by atoms with Crippen LogP contribution in [0.15, 0.2) is 42.5 Å². The molecular formula is C19H24N2. The SMILES string of the molecule is Cc1cc(C)cc(C(CN)N2CCc3ccccc3C2)c1. The summed E-state index contributed by atoms with van der Waals surface area (Å²) in [6.45, 7) is 7.09. The van der Waals surface area contributed by atoms with E-state index in [4.69, 9.17) is 5.73 Å². The maximum Gasteiger partial charge on any atom is 0.0474 e. The fourth-order valence-corrected chi connectivity index (χ4v) is 3.48. The highest BCUT2D eigenvalue weighted by Gasteiger charge is 2.23. The molecule has 2 N–H and O–H groups in total. The highest BCUT2D eigenvalue weighted by atomic mass is 15.2. The second-order valence-corrected chi connectivity index (χ2v) is 6.16. The Morgan fingerprint density at radius 2 is 1.71 bits per heavy atom. The van der Waals surface area contributed by atoms with Crippen molar-refractivity contribution >= 4 is 0 Å². The Bertz CT molecular complexity index is 613. The van der Waals surface area contributed by atoms with Gasteiger partial charge in [-0.25, -0.2) is 0 Å². The van der Waals surface area contributed by atoms with Gasteiger partial charge < -0.3 is 5.73 Å². The summed E-state index contributed by atoms with van der Waals surface area (Å²) in [7, 11) is 0. The van der Waals surface area contributed by atoms with E-state index in [2.05, 4.69) is 61.2 Å². The zero-order valence-electron chi connectivity index (χ0n) is 13.0. The molecule has 1 atom stereocenters. The molecule has 21 heavy (non-hydrogen) atoms. The molecule has 0 spiro atoms. The number of aryl methyl sites for hydroxylation is 2. The molecule has 2 heteroatoms. The monoisotopic (exact) mass is 280 g/mol. The third-order valence-corrected chi connectivity index (χ3v) is 4.45. The molecule has 0 fully saturated rings. The Labute approximate surface area is 127 Å². The molecule has 1 aliphatic heterocycles. The molecule has 2 nitrogen and oxygen atoms in total. The maximum atomic E-state index is 6.11. The molecular weight excluding hydrogens is 256 g/mol. The molecule has 1 unspecified atom stereocenters. The Morgan fingerprint density at radius 3 is 2.38 bits per heavy atom. The summed E-state index contributed by atoms with van der Waals surface area (Å²) in [5.74, 6) is 0. The number of nitrogens with two attached hydrogens (primary N) is 1. The fraction of sp³-hybridized carbons (Fsp3) is 0.368. The van der Waals surface area contributed by atoms with E-state index in [1.165, 1.54) is 27.8 Å². The fourth-order valence-electron chi connectivity index (χ4n) is 3.48. The van der Waals surface area contributed by atoms with E-state index in [0.717, 1.165) is 19.5 Å². The standard InChI is InChI=1S/C19H24N2/c1-14-9-15(2)11-18(10-14)19(12-20)21-8-7-16-5-3-4-6-17(16)13-21/h3-6,9-11,19H,7-8,12-13,20H2,1-2H3. The van der Waals surface area contributed by atoms with Crippen molar-refractivity contribution in [1.29, 1.82) is 0 Å². The lowest BCUT2D eigenvalue weighted by atomic mass is 9.95. The number of hydrogen-bond acceptors (Lipinski definition) is 2. The van der Waals surface area contributed by atoms with Gasteiger partial charge in [0.2, 0.25) is 0 Å². The van der Waals surface area contributed by atoms with Crippen molar-refractivity contribution < 1.29 is 0 Å². The van der Waals surface area contributed by atoms with E-state index < -0.39 is 0 Å². The number of nitrogens with zero attached hydrogens (tertiary/aromatic N) is 1. The first-order valence-corrected chi connectivity index (χ1v) is 7.76. The van der Waals surface area contributed by atoms with Gasteiger partial charge >= 0.3 is 0 Å². The van der Waals surface area contributed by atoms with Gasteiger partial charge in [0.1, 0.15) is 0 Å². The first-order chi connectivity index (χ1) is 10.2. The molecule has 0 amide bonds. The average Bonchev–Trinajstić information content (AvgIpc) is 2.47. The van der Waals surface area contributed by atoms with Crippen LogP contribution in [0, 0.1) is 13.8 Å². The van der Waals surface area contributed by atoms with Crippen LogP contribution in [0.4, 0.5) is 0 Å². The van der Waals surface area contributed by atoms with Gasteiger partial charge in [-0.05, 0) is 37.0 Å². The molecule has 0 aromatic heterocycles. The molecule has 2 aromatic rings. The lowest BCUT2D eigenvalue weighted by Crippen LogP contribution is -2.37. The second kappa shape index (κ2) is 6.00. The van der Waals surface area contributed by atoms with Gasteiger partial charge in [0.25, 0.3) is 0 Å². The van der Waals surface area contributed by atoms with Gasteiger partial charge in [-0.1, -0.05) is 53.6 Å². The number of fused-ring (bicyclic) bond motifs is 1. The van der Waals surface area contributed by atoms with Crippen LogP contribution in [0.1, 0.15) is 33.9 Å². The van der Waals surface area contributed by atoms with Gasteiger partial charge in [0.15, 0.2) is 0 Å². The van der Waals surface area contributed by atoms with Crippen LogP contribution in [0.3, 0.4) is 0 Å². The Balaban J connectivity index is 1.88. The average molecular weight is 280 g/mol. The third-order valence-electron chi connectivity index (χ3n) is 4.45. The van der Waals surface area contributed by atoms with Crippen molar-refractivity contribution in [3.05, 3.63) is 70.3 Å². The maximum absolute atomic E-state index is 6.11. The van der Waals surface area contributed by atoms with E-state index >= 15 is 0 Å². The van der Waals surface area contributed by atoms with Crippen molar-refractivity contribution in [3.63, 3.8) is 0 Å². The summed E-state index contributed by atoms with van der Waals surface area (Å²) in [5, 5.41) is 0. The van der Waals surface area contributed by atoms with Crippen LogP contribution in [0.25, 0.3) is 0 Å². The summed E-state index contributed by atoms with van der Waals surface area (Å²) >= 11 is 0. The van der Waals surface area contributed by atoms with Crippen LogP contribution >= 0.6 is 0 Å². The van der Waals surface area contributed by atoms with E-state index in [1.54, 1.807) is 0 Å². The first-order valence-electron chi connectivity index (χ1n) is 7.76. The molecule has 0 aliphatic carbocycles. The quantitative estimate of drug-likeness (QED) is 0.934. The van der Waals surface area contributed by atoms with Crippen LogP contribution in [-0.2, 0) is 13.0 Å². The van der Waals surface area contributed by atoms with Gasteiger partial charge in [-0.15, -0.1) is 0 Å². The number of hydrogen-bond donors (Lipinski definition) is 1. The van der Waals surface area contributed by atoms with E-state index in [-0.39, 0.29) is 0 Å². The van der Waals surface area contributed by atoms with E-state index in [1.807, 2.05) is 0 Å². The minimum atomic E-state index is 0.317.